The van der Waals surface area contributed by atoms with Crippen molar-refractivity contribution < 1.29 is 9.53 Å². The molecule has 2 aromatic rings. The second-order valence-electron chi connectivity index (χ2n) is 8.10. The summed E-state index contributed by atoms with van der Waals surface area (Å²) >= 11 is 0. The number of aryl methyl sites for hydroxylation is 1. The first-order valence-electron chi connectivity index (χ1n) is 10.5. The van der Waals surface area contributed by atoms with Crippen molar-refractivity contribution >= 4 is 11.6 Å². The van der Waals surface area contributed by atoms with Crippen LogP contribution >= 0.6 is 0 Å². The standard InChI is InChI=1S/C22H34N4O2/c1-17(2)25(13-14-28-4)16-19-21(22(27)24-10-7-5-6-8-11-24)23-20-15-18(3)9-12-26(19)20/h9,12,15,17H,5-8,10-11,13-14,16H2,1-4H3. The van der Waals surface area contributed by atoms with E-state index in [4.69, 9.17) is 9.72 Å². The number of likely N-dealkylation sites (tertiary alicyclic amines) is 1. The number of ether oxygens (including phenoxy) is 1. The Morgan fingerprint density at radius 3 is 2.61 bits per heavy atom. The van der Waals surface area contributed by atoms with Crippen LogP contribution in [0, 0.1) is 6.92 Å². The molecule has 1 fully saturated rings. The first-order valence-corrected chi connectivity index (χ1v) is 10.5. The SMILES string of the molecule is COCCN(Cc1c(C(=O)N2CCCCCC2)nc2cc(C)ccn12)C(C)C. The fourth-order valence-electron chi connectivity index (χ4n) is 3.86. The molecule has 0 aliphatic carbocycles. The van der Waals surface area contributed by atoms with Crippen LogP contribution in [0.5, 0.6) is 0 Å². The molecule has 0 spiro atoms. The first kappa shape index (κ1) is 20.8. The lowest BCUT2D eigenvalue weighted by Gasteiger charge is -2.27. The maximum absolute atomic E-state index is 13.4. The lowest BCUT2D eigenvalue weighted by atomic mass is 10.2. The summed E-state index contributed by atoms with van der Waals surface area (Å²) in [6.45, 7) is 10.3. The predicted octanol–water partition coefficient (Wildman–Crippen LogP) is 3.52. The van der Waals surface area contributed by atoms with Crippen molar-refractivity contribution in [2.75, 3.05) is 33.4 Å². The van der Waals surface area contributed by atoms with Gasteiger partial charge in [-0.1, -0.05) is 12.8 Å². The summed E-state index contributed by atoms with van der Waals surface area (Å²) in [6.07, 6.45) is 6.62. The van der Waals surface area contributed by atoms with Crippen molar-refractivity contribution in [1.82, 2.24) is 19.2 Å². The molecule has 0 unspecified atom stereocenters. The molecular weight excluding hydrogens is 352 g/mol. The van der Waals surface area contributed by atoms with Crippen LogP contribution in [0.2, 0.25) is 0 Å². The Bertz CT molecular complexity index is 791. The van der Waals surface area contributed by atoms with Gasteiger partial charge in [0.2, 0.25) is 0 Å². The van der Waals surface area contributed by atoms with E-state index in [-0.39, 0.29) is 5.91 Å². The van der Waals surface area contributed by atoms with Gasteiger partial charge < -0.3 is 14.0 Å². The minimum Gasteiger partial charge on any atom is -0.383 e. The van der Waals surface area contributed by atoms with E-state index in [0.717, 1.165) is 49.4 Å². The molecule has 0 N–H and O–H groups in total. The summed E-state index contributed by atoms with van der Waals surface area (Å²) in [5.74, 6) is 0.0775. The summed E-state index contributed by atoms with van der Waals surface area (Å²) in [7, 11) is 1.73. The molecule has 28 heavy (non-hydrogen) atoms. The van der Waals surface area contributed by atoms with Crippen LogP contribution < -0.4 is 0 Å². The van der Waals surface area contributed by atoms with Gasteiger partial charge in [-0.2, -0.15) is 0 Å². The van der Waals surface area contributed by atoms with Crippen molar-refractivity contribution in [2.24, 2.45) is 0 Å². The molecule has 1 aliphatic heterocycles. The van der Waals surface area contributed by atoms with Crippen molar-refractivity contribution in [2.45, 2.75) is 59.0 Å². The summed E-state index contributed by atoms with van der Waals surface area (Å²) in [6, 6.07) is 4.48. The fraction of sp³-hybridized carbons (Fsp3) is 0.636. The summed E-state index contributed by atoms with van der Waals surface area (Å²) < 4.78 is 7.38. The van der Waals surface area contributed by atoms with Crippen molar-refractivity contribution in [3.05, 3.63) is 35.3 Å². The monoisotopic (exact) mass is 386 g/mol. The highest BCUT2D eigenvalue weighted by Gasteiger charge is 2.26. The quantitative estimate of drug-likeness (QED) is 0.731. The highest BCUT2D eigenvalue weighted by molar-refractivity contribution is 5.94. The van der Waals surface area contributed by atoms with Crippen LogP contribution in [0.15, 0.2) is 18.3 Å². The smallest absolute Gasteiger partial charge is 0.274 e. The molecule has 0 aromatic carbocycles. The average molecular weight is 387 g/mol. The summed E-state index contributed by atoms with van der Waals surface area (Å²) in [5.41, 5.74) is 3.59. The van der Waals surface area contributed by atoms with Gasteiger partial charge in [0, 0.05) is 45.5 Å². The molecule has 1 saturated heterocycles. The number of amides is 1. The molecule has 3 rings (SSSR count). The van der Waals surface area contributed by atoms with E-state index >= 15 is 0 Å². The number of hydrogen-bond acceptors (Lipinski definition) is 4. The Morgan fingerprint density at radius 1 is 1.25 bits per heavy atom. The number of nitrogens with zero attached hydrogens (tertiary/aromatic N) is 4. The van der Waals surface area contributed by atoms with E-state index in [1.807, 2.05) is 11.1 Å². The predicted molar refractivity (Wildman–Crippen MR) is 112 cm³/mol. The summed E-state index contributed by atoms with van der Waals surface area (Å²) in [4.78, 5) is 22.5. The molecule has 1 aliphatic rings. The Kier molecular flexibility index (Phi) is 7.08. The number of hydrogen-bond donors (Lipinski definition) is 0. The molecule has 0 atom stereocenters. The zero-order chi connectivity index (χ0) is 20.1. The van der Waals surface area contributed by atoms with E-state index < -0.39 is 0 Å². The third-order valence-corrected chi connectivity index (χ3v) is 5.64. The molecular formula is C22H34N4O2. The van der Waals surface area contributed by atoms with Crippen LogP contribution in [0.4, 0.5) is 0 Å². The van der Waals surface area contributed by atoms with Crippen molar-refractivity contribution in [1.29, 1.82) is 0 Å². The van der Waals surface area contributed by atoms with Gasteiger partial charge in [0.05, 0.1) is 12.3 Å². The molecule has 0 saturated carbocycles. The highest BCUT2D eigenvalue weighted by atomic mass is 16.5. The fourth-order valence-corrected chi connectivity index (χ4v) is 3.86. The number of methoxy groups -OCH3 is 1. The Labute approximate surface area is 168 Å². The van der Waals surface area contributed by atoms with Gasteiger partial charge in [-0.05, 0) is 51.3 Å². The van der Waals surface area contributed by atoms with Gasteiger partial charge in [0.25, 0.3) is 5.91 Å². The van der Waals surface area contributed by atoms with E-state index in [1.54, 1.807) is 7.11 Å². The number of pyridine rings is 1. The molecule has 154 valence electrons. The number of carbonyl (C=O) groups excluding carboxylic acids is 1. The lowest BCUT2D eigenvalue weighted by Crippen LogP contribution is -2.36. The van der Waals surface area contributed by atoms with Crippen LogP contribution in [-0.4, -0.2) is 64.5 Å². The van der Waals surface area contributed by atoms with Gasteiger partial charge in [0.15, 0.2) is 5.69 Å². The molecule has 3 heterocycles. The topological polar surface area (TPSA) is 50.1 Å². The Morgan fingerprint density at radius 2 is 1.96 bits per heavy atom. The van der Waals surface area contributed by atoms with E-state index in [9.17, 15) is 4.79 Å². The molecule has 0 radical (unpaired) electrons. The summed E-state index contributed by atoms with van der Waals surface area (Å²) in [5, 5.41) is 0. The molecule has 6 heteroatoms. The third-order valence-electron chi connectivity index (χ3n) is 5.64. The van der Waals surface area contributed by atoms with Gasteiger partial charge in [-0.15, -0.1) is 0 Å². The minimum absolute atomic E-state index is 0.0775. The third kappa shape index (κ3) is 4.73. The van der Waals surface area contributed by atoms with Gasteiger partial charge in [-0.3, -0.25) is 9.69 Å². The number of fused-ring (bicyclic) bond motifs is 1. The maximum atomic E-state index is 13.4. The van der Waals surface area contributed by atoms with Crippen molar-refractivity contribution in [3.8, 4) is 0 Å². The normalized spacial score (nSPS) is 15.6. The van der Waals surface area contributed by atoms with E-state index in [0.29, 0.717) is 24.9 Å². The lowest BCUT2D eigenvalue weighted by molar-refractivity contribution is 0.0751. The minimum atomic E-state index is 0.0775. The number of rotatable bonds is 7. The van der Waals surface area contributed by atoms with Crippen LogP contribution in [0.25, 0.3) is 5.65 Å². The number of imidazole rings is 1. The van der Waals surface area contributed by atoms with Gasteiger partial charge in [-0.25, -0.2) is 4.98 Å². The highest BCUT2D eigenvalue weighted by Crippen LogP contribution is 2.21. The number of carbonyl (C=O) groups is 1. The first-order chi connectivity index (χ1) is 13.5. The second kappa shape index (κ2) is 9.52. The number of aromatic nitrogens is 2. The molecule has 1 amide bonds. The van der Waals surface area contributed by atoms with E-state index in [1.165, 1.54) is 12.8 Å². The zero-order valence-corrected chi connectivity index (χ0v) is 17.8. The zero-order valence-electron chi connectivity index (χ0n) is 17.8. The Hall–Kier alpha value is -1.92. The van der Waals surface area contributed by atoms with Crippen LogP contribution in [-0.2, 0) is 11.3 Å². The van der Waals surface area contributed by atoms with Crippen LogP contribution in [0.1, 0.15) is 61.3 Å². The van der Waals surface area contributed by atoms with E-state index in [2.05, 4.69) is 42.2 Å². The maximum Gasteiger partial charge on any atom is 0.274 e. The molecule has 2 aromatic heterocycles. The van der Waals surface area contributed by atoms with Gasteiger partial charge >= 0.3 is 0 Å². The Balaban J connectivity index is 1.98. The largest absolute Gasteiger partial charge is 0.383 e. The van der Waals surface area contributed by atoms with Crippen molar-refractivity contribution in [3.63, 3.8) is 0 Å². The molecule has 6 nitrogen and oxygen atoms in total. The molecule has 0 bridgehead atoms. The average Bonchev–Trinajstić information content (AvgIpc) is 2.84. The second-order valence-corrected chi connectivity index (χ2v) is 8.10. The van der Waals surface area contributed by atoms with Crippen LogP contribution in [0.3, 0.4) is 0 Å². The van der Waals surface area contributed by atoms with Gasteiger partial charge in [0.1, 0.15) is 5.65 Å².